The fourth-order valence-electron chi connectivity index (χ4n) is 1.48. The minimum absolute atomic E-state index is 0.0609. The van der Waals surface area contributed by atoms with E-state index in [1.807, 2.05) is 31.2 Å². The maximum Gasteiger partial charge on any atom is 0.118 e. The molecule has 1 rings (SSSR count). The number of aliphatic hydroxyl groups is 1. The first-order valence-corrected chi connectivity index (χ1v) is 5.69. The van der Waals surface area contributed by atoms with Gasteiger partial charge in [0, 0.05) is 12.5 Å². The quantitative estimate of drug-likeness (QED) is 0.739. The van der Waals surface area contributed by atoms with Gasteiger partial charge in [-0.3, -0.25) is 0 Å². The van der Waals surface area contributed by atoms with E-state index in [-0.39, 0.29) is 18.6 Å². The molecule has 3 heteroatoms. The van der Waals surface area contributed by atoms with E-state index in [2.05, 4.69) is 6.58 Å². The summed E-state index contributed by atoms with van der Waals surface area (Å²) in [5, 5.41) is 9.06. The summed E-state index contributed by atoms with van der Waals surface area (Å²) in [5.41, 5.74) is 1.07. The average molecular weight is 236 g/mol. The number of hydrogen-bond donors (Lipinski definition) is 1. The van der Waals surface area contributed by atoms with Gasteiger partial charge >= 0.3 is 0 Å². The van der Waals surface area contributed by atoms with Crippen molar-refractivity contribution in [1.29, 1.82) is 0 Å². The van der Waals surface area contributed by atoms with Gasteiger partial charge in [-0.1, -0.05) is 25.1 Å². The minimum atomic E-state index is -0.123. The largest absolute Gasteiger partial charge is 0.497 e. The summed E-state index contributed by atoms with van der Waals surface area (Å²) in [6.07, 6.45) is 1.60. The zero-order valence-electron chi connectivity index (χ0n) is 10.4. The molecule has 0 fully saturated rings. The monoisotopic (exact) mass is 236 g/mol. The van der Waals surface area contributed by atoms with Crippen LogP contribution in [0.25, 0.3) is 0 Å². The SMILES string of the molecule is C=C[C@@H](OCc1ccc(OC)cc1)[C@H](C)CO. The van der Waals surface area contributed by atoms with Gasteiger partial charge in [-0.2, -0.15) is 0 Å². The predicted molar refractivity (Wildman–Crippen MR) is 68.0 cm³/mol. The van der Waals surface area contributed by atoms with Crippen molar-refractivity contribution < 1.29 is 14.6 Å². The smallest absolute Gasteiger partial charge is 0.118 e. The van der Waals surface area contributed by atoms with E-state index in [9.17, 15) is 0 Å². The normalized spacial score (nSPS) is 14.1. The van der Waals surface area contributed by atoms with E-state index in [0.717, 1.165) is 11.3 Å². The lowest BCUT2D eigenvalue weighted by atomic mass is 10.1. The molecule has 1 aromatic rings. The van der Waals surface area contributed by atoms with Gasteiger partial charge in [0.15, 0.2) is 0 Å². The van der Waals surface area contributed by atoms with Gasteiger partial charge < -0.3 is 14.6 Å². The first-order valence-electron chi connectivity index (χ1n) is 5.69. The summed E-state index contributed by atoms with van der Waals surface area (Å²) < 4.78 is 10.8. The van der Waals surface area contributed by atoms with Crippen molar-refractivity contribution in [3.05, 3.63) is 42.5 Å². The molecule has 0 radical (unpaired) electrons. The van der Waals surface area contributed by atoms with Gasteiger partial charge in [0.25, 0.3) is 0 Å². The molecule has 94 valence electrons. The standard InChI is InChI=1S/C14H20O3/c1-4-14(11(2)9-15)17-10-12-5-7-13(16-3)8-6-12/h4-8,11,14-15H,1,9-10H2,2-3H3/t11-,14-/m1/s1. The Kier molecular flexibility index (Phi) is 5.73. The van der Waals surface area contributed by atoms with E-state index in [0.29, 0.717) is 6.61 Å². The molecule has 0 heterocycles. The van der Waals surface area contributed by atoms with Crippen molar-refractivity contribution in [3.63, 3.8) is 0 Å². The van der Waals surface area contributed by atoms with Crippen LogP contribution in [0.2, 0.25) is 0 Å². The van der Waals surface area contributed by atoms with Gasteiger partial charge in [0.2, 0.25) is 0 Å². The average Bonchev–Trinajstić information content (AvgIpc) is 2.39. The van der Waals surface area contributed by atoms with Crippen LogP contribution in [0.1, 0.15) is 12.5 Å². The molecule has 0 unspecified atom stereocenters. The maximum atomic E-state index is 9.06. The van der Waals surface area contributed by atoms with Crippen LogP contribution in [0, 0.1) is 5.92 Å². The summed E-state index contributed by atoms with van der Waals surface area (Å²) in [5.74, 6) is 0.892. The van der Waals surface area contributed by atoms with Crippen LogP contribution >= 0.6 is 0 Å². The Labute approximate surface area is 103 Å². The Bertz CT molecular complexity index is 332. The van der Waals surface area contributed by atoms with E-state index < -0.39 is 0 Å². The van der Waals surface area contributed by atoms with Crippen molar-refractivity contribution >= 4 is 0 Å². The highest BCUT2D eigenvalue weighted by Gasteiger charge is 2.13. The fraction of sp³-hybridized carbons (Fsp3) is 0.429. The molecule has 1 N–H and O–H groups in total. The second kappa shape index (κ2) is 7.09. The molecule has 0 saturated carbocycles. The Morgan fingerprint density at radius 3 is 2.47 bits per heavy atom. The van der Waals surface area contributed by atoms with Crippen molar-refractivity contribution in [1.82, 2.24) is 0 Å². The molecule has 0 aliphatic rings. The molecule has 0 amide bonds. The zero-order valence-corrected chi connectivity index (χ0v) is 10.4. The van der Waals surface area contributed by atoms with Crippen molar-refractivity contribution in [3.8, 4) is 5.75 Å². The highest BCUT2D eigenvalue weighted by molar-refractivity contribution is 5.26. The first kappa shape index (κ1) is 13.7. The third kappa shape index (κ3) is 4.21. The third-order valence-corrected chi connectivity index (χ3v) is 2.68. The van der Waals surface area contributed by atoms with Crippen LogP contribution in [0.3, 0.4) is 0 Å². The molecule has 2 atom stereocenters. The van der Waals surface area contributed by atoms with Crippen LogP contribution in [0.5, 0.6) is 5.75 Å². The van der Waals surface area contributed by atoms with E-state index in [1.54, 1.807) is 13.2 Å². The van der Waals surface area contributed by atoms with Gasteiger partial charge in [0.05, 0.1) is 19.8 Å². The lowest BCUT2D eigenvalue weighted by Crippen LogP contribution is -2.22. The fourth-order valence-corrected chi connectivity index (χ4v) is 1.48. The molecule has 3 nitrogen and oxygen atoms in total. The molecular weight excluding hydrogens is 216 g/mol. The van der Waals surface area contributed by atoms with Gasteiger partial charge in [-0.05, 0) is 17.7 Å². The number of methoxy groups -OCH3 is 1. The summed E-state index contributed by atoms with van der Waals surface area (Å²) in [6, 6.07) is 7.72. The number of aliphatic hydroxyl groups excluding tert-OH is 1. The van der Waals surface area contributed by atoms with Gasteiger partial charge in [-0.15, -0.1) is 6.58 Å². The summed E-state index contributed by atoms with van der Waals surface area (Å²) in [4.78, 5) is 0. The molecular formula is C14H20O3. The number of hydrogen-bond acceptors (Lipinski definition) is 3. The maximum absolute atomic E-state index is 9.06. The molecule has 0 spiro atoms. The Balaban J connectivity index is 2.50. The second-order valence-corrected chi connectivity index (χ2v) is 4.02. The lowest BCUT2D eigenvalue weighted by molar-refractivity contribution is 0.0197. The summed E-state index contributed by atoms with van der Waals surface area (Å²) in [6.45, 7) is 6.25. The molecule has 0 aliphatic carbocycles. The molecule has 17 heavy (non-hydrogen) atoms. The van der Waals surface area contributed by atoms with Crippen LogP contribution in [-0.4, -0.2) is 24.9 Å². The van der Waals surface area contributed by atoms with Gasteiger partial charge in [0.1, 0.15) is 5.75 Å². The second-order valence-electron chi connectivity index (χ2n) is 4.02. The zero-order chi connectivity index (χ0) is 12.7. The minimum Gasteiger partial charge on any atom is -0.497 e. The van der Waals surface area contributed by atoms with Crippen LogP contribution in [0.15, 0.2) is 36.9 Å². The van der Waals surface area contributed by atoms with Crippen molar-refractivity contribution in [2.45, 2.75) is 19.6 Å². The Hall–Kier alpha value is -1.32. The number of ether oxygens (including phenoxy) is 2. The molecule has 0 saturated heterocycles. The lowest BCUT2D eigenvalue weighted by Gasteiger charge is -2.19. The topological polar surface area (TPSA) is 38.7 Å². The van der Waals surface area contributed by atoms with Crippen molar-refractivity contribution in [2.24, 2.45) is 5.92 Å². The Morgan fingerprint density at radius 1 is 1.35 bits per heavy atom. The highest BCUT2D eigenvalue weighted by atomic mass is 16.5. The van der Waals surface area contributed by atoms with Crippen LogP contribution in [-0.2, 0) is 11.3 Å². The highest BCUT2D eigenvalue weighted by Crippen LogP contribution is 2.15. The van der Waals surface area contributed by atoms with Crippen molar-refractivity contribution in [2.75, 3.05) is 13.7 Å². The van der Waals surface area contributed by atoms with E-state index in [4.69, 9.17) is 14.6 Å². The van der Waals surface area contributed by atoms with E-state index >= 15 is 0 Å². The molecule has 0 bridgehead atoms. The predicted octanol–water partition coefficient (Wildman–Crippen LogP) is 2.39. The molecule has 1 aromatic carbocycles. The summed E-state index contributed by atoms with van der Waals surface area (Å²) in [7, 11) is 1.64. The number of benzene rings is 1. The van der Waals surface area contributed by atoms with E-state index in [1.165, 1.54) is 0 Å². The first-order chi connectivity index (χ1) is 8.21. The summed E-state index contributed by atoms with van der Waals surface area (Å²) >= 11 is 0. The third-order valence-electron chi connectivity index (χ3n) is 2.68. The Morgan fingerprint density at radius 2 is 2.00 bits per heavy atom. The van der Waals surface area contributed by atoms with Crippen LogP contribution in [0.4, 0.5) is 0 Å². The molecule has 0 aromatic heterocycles. The van der Waals surface area contributed by atoms with Crippen LogP contribution < -0.4 is 4.74 Å². The molecule has 0 aliphatic heterocycles. The van der Waals surface area contributed by atoms with Gasteiger partial charge in [-0.25, -0.2) is 0 Å². The number of rotatable bonds is 7.